The Bertz CT molecular complexity index is 658. The van der Waals surface area contributed by atoms with E-state index in [4.69, 9.17) is 17.3 Å². The molecular formula is C13H16ClN3O2S. The van der Waals surface area contributed by atoms with Crippen LogP contribution in [0.3, 0.4) is 0 Å². The molecule has 1 aromatic carbocycles. The molecule has 1 spiro atoms. The predicted octanol–water partition coefficient (Wildman–Crippen LogP) is 1.42. The number of hydrogen-bond donors (Lipinski definition) is 1. The van der Waals surface area contributed by atoms with Crippen molar-refractivity contribution >= 4 is 33.1 Å². The number of aliphatic imine (C=N–C) groups is 1. The van der Waals surface area contributed by atoms with Gasteiger partial charge in [0, 0.05) is 10.7 Å². The number of nitrogens with zero attached hydrogens (tertiary/aromatic N) is 2. The maximum absolute atomic E-state index is 11.7. The maximum atomic E-state index is 11.7. The van der Waals surface area contributed by atoms with Gasteiger partial charge in [-0.3, -0.25) is 4.99 Å². The lowest BCUT2D eigenvalue weighted by atomic mass is 9.90. The Morgan fingerprint density at radius 3 is 2.65 bits per heavy atom. The summed E-state index contributed by atoms with van der Waals surface area (Å²) in [6.07, 6.45) is 1.10. The molecule has 1 saturated heterocycles. The molecule has 2 heterocycles. The molecule has 1 fully saturated rings. The Morgan fingerprint density at radius 1 is 1.30 bits per heavy atom. The Labute approximate surface area is 123 Å². The van der Waals surface area contributed by atoms with Crippen LogP contribution >= 0.6 is 11.6 Å². The minimum Gasteiger partial charge on any atom is -0.369 e. The van der Waals surface area contributed by atoms with E-state index in [1.807, 2.05) is 23.1 Å². The summed E-state index contributed by atoms with van der Waals surface area (Å²) in [5.74, 6) is 0.811. The van der Waals surface area contributed by atoms with Crippen LogP contribution < -0.4 is 10.6 Å². The molecular weight excluding hydrogens is 298 g/mol. The quantitative estimate of drug-likeness (QED) is 0.851. The van der Waals surface area contributed by atoms with Crippen molar-refractivity contribution in [1.82, 2.24) is 0 Å². The number of halogens is 1. The van der Waals surface area contributed by atoms with E-state index in [9.17, 15) is 8.42 Å². The van der Waals surface area contributed by atoms with Crippen LogP contribution in [0.25, 0.3) is 0 Å². The third-order valence-corrected chi connectivity index (χ3v) is 5.95. The van der Waals surface area contributed by atoms with Crippen LogP contribution in [-0.4, -0.2) is 38.0 Å². The molecule has 0 atom stereocenters. The Balaban J connectivity index is 1.97. The number of nitrogens with two attached hydrogens (primary N) is 1. The van der Waals surface area contributed by atoms with E-state index in [-0.39, 0.29) is 17.0 Å². The van der Waals surface area contributed by atoms with Crippen LogP contribution in [0.1, 0.15) is 12.8 Å². The van der Waals surface area contributed by atoms with Crippen molar-refractivity contribution in [1.29, 1.82) is 0 Å². The fourth-order valence-corrected chi connectivity index (χ4v) is 4.70. The summed E-state index contributed by atoms with van der Waals surface area (Å²) >= 11 is 6.04. The lowest BCUT2D eigenvalue weighted by Crippen LogP contribution is -2.55. The summed E-state index contributed by atoms with van der Waals surface area (Å²) in [6.45, 7) is 0.543. The summed E-state index contributed by atoms with van der Waals surface area (Å²) < 4.78 is 23.3. The van der Waals surface area contributed by atoms with Gasteiger partial charge in [-0.2, -0.15) is 0 Å². The van der Waals surface area contributed by atoms with Gasteiger partial charge in [-0.05, 0) is 31.0 Å². The van der Waals surface area contributed by atoms with E-state index < -0.39 is 9.84 Å². The zero-order chi connectivity index (χ0) is 14.4. The van der Waals surface area contributed by atoms with Crippen LogP contribution in [0, 0.1) is 0 Å². The first kappa shape index (κ1) is 13.7. The van der Waals surface area contributed by atoms with Crippen LogP contribution in [0.4, 0.5) is 5.69 Å². The third kappa shape index (κ3) is 2.27. The van der Waals surface area contributed by atoms with Crippen molar-refractivity contribution in [2.75, 3.05) is 23.0 Å². The Morgan fingerprint density at radius 2 is 2.00 bits per heavy atom. The van der Waals surface area contributed by atoms with Crippen LogP contribution in [-0.2, 0) is 9.84 Å². The van der Waals surface area contributed by atoms with Crippen molar-refractivity contribution in [3.05, 3.63) is 29.3 Å². The first-order chi connectivity index (χ1) is 9.42. The van der Waals surface area contributed by atoms with Gasteiger partial charge in [0.2, 0.25) is 0 Å². The zero-order valence-corrected chi connectivity index (χ0v) is 12.5. The zero-order valence-electron chi connectivity index (χ0n) is 10.9. The molecule has 2 aliphatic rings. The lowest BCUT2D eigenvalue weighted by Gasteiger charge is -2.41. The first-order valence-electron chi connectivity index (χ1n) is 6.48. The highest BCUT2D eigenvalue weighted by atomic mass is 35.5. The summed E-state index contributed by atoms with van der Waals surface area (Å²) in [4.78, 5) is 6.28. The van der Waals surface area contributed by atoms with Gasteiger partial charge in [0.05, 0.1) is 23.6 Å². The molecule has 0 amide bonds. The van der Waals surface area contributed by atoms with Gasteiger partial charge in [-0.25, -0.2) is 8.42 Å². The highest BCUT2D eigenvalue weighted by molar-refractivity contribution is 7.91. The molecule has 1 aromatic rings. The molecule has 5 nitrogen and oxygen atoms in total. The fraction of sp³-hybridized carbons (Fsp3) is 0.462. The number of sulfone groups is 1. The summed E-state index contributed by atoms with van der Waals surface area (Å²) in [5, 5.41) is 0.626. The van der Waals surface area contributed by atoms with Crippen molar-refractivity contribution in [3.8, 4) is 0 Å². The molecule has 7 heteroatoms. The van der Waals surface area contributed by atoms with Crippen molar-refractivity contribution in [3.63, 3.8) is 0 Å². The van der Waals surface area contributed by atoms with Crippen LogP contribution in [0.15, 0.2) is 29.3 Å². The van der Waals surface area contributed by atoms with Gasteiger partial charge in [0.1, 0.15) is 0 Å². The van der Waals surface area contributed by atoms with E-state index in [0.717, 1.165) is 5.69 Å². The smallest absolute Gasteiger partial charge is 0.196 e. The van der Waals surface area contributed by atoms with E-state index in [0.29, 0.717) is 30.4 Å². The Kier molecular flexibility index (Phi) is 3.17. The second kappa shape index (κ2) is 4.63. The standard InChI is InChI=1S/C13H16ClN3O2S/c14-10-2-1-3-11(8-10)17-12(15)16-9-13(17)4-6-20(18,19)7-5-13/h1-3,8H,4-7,9H2,(H2,15,16). The summed E-state index contributed by atoms with van der Waals surface area (Å²) in [7, 11) is -2.92. The molecule has 0 aromatic heterocycles. The average molecular weight is 314 g/mol. The van der Waals surface area contributed by atoms with Crippen molar-refractivity contribution < 1.29 is 8.42 Å². The van der Waals surface area contributed by atoms with Crippen LogP contribution in [0.5, 0.6) is 0 Å². The minimum absolute atomic E-state index is 0.187. The predicted molar refractivity (Wildman–Crippen MR) is 81.0 cm³/mol. The SMILES string of the molecule is NC1=NCC2(CCS(=O)(=O)CC2)N1c1cccc(Cl)c1. The molecule has 3 rings (SSSR count). The number of rotatable bonds is 1. The van der Waals surface area contributed by atoms with Gasteiger partial charge in [-0.15, -0.1) is 0 Å². The number of benzene rings is 1. The number of guanidine groups is 1. The Hall–Kier alpha value is -1.27. The molecule has 0 unspecified atom stereocenters. The highest BCUT2D eigenvalue weighted by Crippen LogP contribution is 2.38. The van der Waals surface area contributed by atoms with E-state index in [1.165, 1.54) is 0 Å². The molecule has 0 radical (unpaired) electrons. The van der Waals surface area contributed by atoms with Crippen molar-refractivity contribution in [2.45, 2.75) is 18.4 Å². The van der Waals surface area contributed by atoms with Gasteiger partial charge in [0.25, 0.3) is 0 Å². The first-order valence-corrected chi connectivity index (χ1v) is 8.68. The summed E-state index contributed by atoms with van der Waals surface area (Å²) in [5.41, 5.74) is 6.57. The lowest BCUT2D eigenvalue weighted by molar-refractivity contribution is 0.409. The van der Waals surface area contributed by atoms with Crippen molar-refractivity contribution in [2.24, 2.45) is 10.7 Å². The highest BCUT2D eigenvalue weighted by Gasteiger charge is 2.46. The number of hydrogen-bond acceptors (Lipinski definition) is 5. The average Bonchev–Trinajstić information content (AvgIpc) is 2.71. The molecule has 20 heavy (non-hydrogen) atoms. The van der Waals surface area contributed by atoms with E-state index in [2.05, 4.69) is 4.99 Å². The van der Waals surface area contributed by atoms with Gasteiger partial charge >= 0.3 is 0 Å². The molecule has 2 aliphatic heterocycles. The van der Waals surface area contributed by atoms with Crippen LogP contribution in [0.2, 0.25) is 5.02 Å². The van der Waals surface area contributed by atoms with E-state index in [1.54, 1.807) is 6.07 Å². The summed E-state index contributed by atoms with van der Waals surface area (Å²) in [6, 6.07) is 7.41. The topological polar surface area (TPSA) is 75.8 Å². The second-order valence-corrected chi connectivity index (χ2v) is 8.11. The van der Waals surface area contributed by atoms with E-state index >= 15 is 0 Å². The second-order valence-electron chi connectivity index (χ2n) is 5.37. The molecule has 0 saturated carbocycles. The minimum atomic E-state index is -2.92. The largest absolute Gasteiger partial charge is 0.369 e. The fourth-order valence-electron chi connectivity index (χ4n) is 2.93. The van der Waals surface area contributed by atoms with Gasteiger partial charge in [-0.1, -0.05) is 17.7 Å². The normalized spacial score (nSPS) is 23.9. The monoisotopic (exact) mass is 313 g/mol. The molecule has 2 N–H and O–H groups in total. The molecule has 108 valence electrons. The van der Waals surface area contributed by atoms with Gasteiger partial charge in [0.15, 0.2) is 15.8 Å². The molecule has 0 bridgehead atoms. The third-order valence-electron chi connectivity index (χ3n) is 4.06. The maximum Gasteiger partial charge on any atom is 0.196 e. The number of anilines is 1. The van der Waals surface area contributed by atoms with Gasteiger partial charge < -0.3 is 10.6 Å². The molecule has 0 aliphatic carbocycles.